The van der Waals surface area contributed by atoms with E-state index in [1.54, 1.807) is 5.38 Å². The Hall–Kier alpha value is -2.87. The molecular weight excluding hydrogens is 374 g/mol. The summed E-state index contributed by atoms with van der Waals surface area (Å²) in [5.74, 6) is 0.388. The molecule has 0 amide bonds. The molecule has 0 unspecified atom stereocenters. The van der Waals surface area contributed by atoms with Gasteiger partial charge in [0.25, 0.3) is 5.56 Å². The third kappa shape index (κ3) is 4.17. The molecule has 0 atom stereocenters. The molecule has 0 spiro atoms. The Morgan fingerprint density at radius 3 is 2.61 bits per heavy atom. The molecule has 0 aliphatic carbocycles. The van der Waals surface area contributed by atoms with Crippen molar-refractivity contribution < 1.29 is 0 Å². The Labute approximate surface area is 167 Å². The van der Waals surface area contributed by atoms with Gasteiger partial charge in [-0.05, 0) is 17.9 Å². The molecule has 0 aliphatic heterocycles. The van der Waals surface area contributed by atoms with Gasteiger partial charge in [-0.15, -0.1) is 11.3 Å². The van der Waals surface area contributed by atoms with E-state index < -0.39 is 11.2 Å². The van der Waals surface area contributed by atoms with Crippen LogP contribution in [-0.4, -0.2) is 20.7 Å². The van der Waals surface area contributed by atoms with Crippen LogP contribution in [0.5, 0.6) is 0 Å². The molecule has 3 N–H and O–H groups in total. The summed E-state index contributed by atoms with van der Waals surface area (Å²) in [5.41, 5.74) is 7.38. The number of hydrogen-bond acceptors (Lipinski definition) is 6. The normalized spacial score (nSPS) is 11.1. The van der Waals surface area contributed by atoms with E-state index in [9.17, 15) is 9.59 Å². The maximum Gasteiger partial charge on any atom is 0.332 e. The average Bonchev–Trinajstić information content (AvgIpc) is 3.13. The first kappa shape index (κ1) is 19.9. The Balaban J connectivity index is 1.85. The number of anilines is 2. The van der Waals surface area contributed by atoms with Gasteiger partial charge in [0.2, 0.25) is 0 Å². The first-order valence-electron chi connectivity index (χ1n) is 9.21. The van der Waals surface area contributed by atoms with Gasteiger partial charge in [-0.2, -0.15) is 0 Å². The molecular formula is C20H25N5O2S. The highest BCUT2D eigenvalue weighted by molar-refractivity contribution is 7.14. The second kappa shape index (κ2) is 8.43. The van der Waals surface area contributed by atoms with Crippen LogP contribution in [0.2, 0.25) is 0 Å². The Bertz CT molecular complexity index is 1070. The molecule has 2 aromatic heterocycles. The summed E-state index contributed by atoms with van der Waals surface area (Å²) >= 11 is 1.41. The van der Waals surface area contributed by atoms with Crippen LogP contribution in [0.4, 0.5) is 10.9 Å². The molecule has 0 saturated heterocycles. The number of nitrogen functional groups attached to an aromatic ring is 1. The number of nitrogens with one attached hydrogen (secondary N) is 1. The van der Waals surface area contributed by atoms with E-state index in [1.807, 2.05) is 32.0 Å². The summed E-state index contributed by atoms with van der Waals surface area (Å²) in [6.07, 6.45) is 0.874. The molecule has 8 heteroatoms. The number of aromatic nitrogens is 3. The molecule has 148 valence electrons. The Morgan fingerprint density at radius 2 is 1.93 bits per heavy atom. The lowest BCUT2D eigenvalue weighted by Gasteiger charge is -2.15. The van der Waals surface area contributed by atoms with Gasteiger partial charge in [0.15, 0.2) is 5.13 Å². The number of nitrogens with two attached hydrogens (primary N) is 1. The van der Waals surface area contributed by atoms with Crippen LogP contribution < -0.4 is 22.3 Å². The highest BCUT2D eigenvalue weighted by Crippen LogP contribution is 2.26. The van der Waals surface area contributed by atoms with Gasteiger partial charge in [-0.25, -0.2) is 9.78 Å². The van der Waals surface area contributed by atoms with E-state index in [0.29, 0.717) is 17.4 Å². The maximum atomic E-state index is 12.7. The molecule has 0 bridgehead atoms. The van der Waals surface area contributed by atoms with Gasteiger partial charge in [0, 0.05) is 25.5 Å². The summed E-state index contributed by atoms with van der Waals surface area (Å²) in [5, 5.41) is 5.79. The topological polar surface area (TPSA) is 94.9 Å². The van der Waals surface area contributed by atoms with Crippen LogP contribution in [0.15, 0.2) is 45.3 Å². The summed E-state index contributed by atoms with van der Waals surface area (Å²) in [7, 11) is 1.47. The molecule has 0 saturated carbocycles. The maximum absolute atomic E-state index is 12.7. The minimum Gasteiger partial charge on any atom is -0.384 e. The number of rotatable bonds is 7. The van der Waals surface area contributed by atoms with E-state index in [1.165, 1.54) is 28.5 Å². The minimum absolute atomic E-state index is 0.169. The smallest absolute Gasteiger partial charge is 0.332 e. The molecule has 1 aromatic carbocycles. The van der Waals surface area contributed by atoms with Crippen molar-refractivity contribution in [3.05, 3.63) is 62.1 Å². The zero-order valence-electron chi connectivity index (χ0n) is 16.3. The summed E-state index contributed by atoms with van der Waals surface area (Å²) in [6, 6.07) is 10.2. The standard InChI is InChI=1S/C20H25N5O2S/c1-13(2)11-25-17(21)16(18(26)24(3)20(25)27)15-12-28-19(23-15)22-10-9-14-7-5-4-6-8-14/h4-8,12-13H,9-11,21H2,1-3H3,(H,22,23). The van der Waals surface area contributed by atoms with E-state index >= 15 is 0 Å². The van der Waals surface area contributed by atoms with Crippen LogP contribution in [-0.2, 0) is 20.0 Å². The van der Waals surface area contributed by atoms with Crippen LogP contribution in [0.25, 0.3) is 11.3 Å². The third-order valence-electron chi connectivity index (χ3n) is 4.42. The van der Waals surface area contributed by atoms with Crippen molar-refractivity contribution in [2.75, 3.05) is 17.6 Å². The lowest BCUT2D eigenvalue weighted by atomic mass is 10.1. The molecule has 2 heterocycles. The van der Waals surface area contributed by atoms with Gasteiger partial charge >= 0.3 is 5.69 Å². The monoisotopic (exact) mass is 399 g/mol. The SMILES string of the molecule is CC(C)Cn1c(N)c(-c2csc(NCCc3ccccc3)n2)c(=O)n(C)c1=O. The van der Waals surface area contributed by atoms with Gasteiger partial charge in [0.1, 0.15) is 11.4 Å². The predicted molar refractivity (Wildman–Crippen MR) is 115 cm³/mol. The minimum atomic E-state index is -0.427. The highest BCUT2D eigenvalue weighted by Gasteiger charge is 2.19. The summed E-state index contributed by atoms with van der Waals surface area (Å²) < 4.78 is 2.54. The second-order valence-corrected chi connectivity index (χ2v) is 7.97. The van der Waals surface area contributed by atoms with Crippen molar-refractivity contribution in [3.8, 4) is 11.3 Å². The van der Waals surface area contributed by atoms with Crippen molar-refractivity contribution in [2.24, 2.45) is 13.0 Å². The first-order valence-corrected chi connectivity index (χ1v) is 10.1. The first-order chi connectivity index (χ1) is 13.4. The Morgan fingerprint density at radius 1 is 1.21 bits per heavy atom. The number of hydrogen-bond donors (Lipinski definition) is 2. The zero-order chi connectivity index (χ0) is 20.3. The summed E-state index contributed by atoms with van der Waals surface area (Å²) in [4.78, 5) is 29.6. The van der Waals surface area contributed by atoms with E-state index in [4.69, 9.17) is 5.73 Å². The molecule has 0 aliphatic rings. The number of nitrogens with zero attached hydrogens (tertiary/aromatic N) is 3. The van der Waals surface area contributed by atoms with Crippen molar-refractivity contribution in [2.45, 2.75) is 26.8 Å². The quantitative estimate of drug-likeness (QED) is 0.637. The summed E-state index contributed by atoms with van der Waals surface area (Å²) in [6.45, 7) is 5.16. The fourth-order valence-electron chi connectivity index (χ4n) is 2.99. The van der Waals surface area contributed by atoms with E-state index in [0.717, 1.165) is 17.5 Å². The van der Waals surface area contributed by atoms with Crippen molar-refractivity contribution in [1.82, 2.24) is 14.1 Å². The van der Waals surface area contributed by atoms with Gasteiger partial charge in [-0.3, -0.25) is 13.9 Å². The van der Waals surface area contributed by atoms with Crippen LogP contribution >= 0.6 is 11.3 Å². The predicted octanol–water partition coefficient (Wildman–Crippen LogP) is 2.56. The molecule has 28 heavy (non-hydrogen) atoms. The van der Waals surface area contributed by atoms with Crippen molar-refractivity contribution in [1.29, 1.82) is 0 Å². The van der Waals surface area contributed by atoms with E-state index in [-0.39, 0.29) is 17.3 Å². The largest absolute Gasteiger partial charge is 0.384 e. The Kier molecular flexibility index (Phi) is 5.99. The lowest BCUT2D eigenvalue weighted by Crippen LogP contribution is -2.41. The molecule has 3 aromatic rings. The van der Waals surface area contributed by atoms with Crippen LogP contribution in [0.1, 0.15) is 19.4 Å². The van der Waals surface area contributed by atoms with E-state index in [2.05, 4.69) is 22.4 Å². The van der Waals surface area contributed by atoms with Gasteiger partial charge < -0.3 is 11.1 Å². The third-order valence-corrected chi connectivity index (χ3v) is 5.22. The zero-order valence-corrected chi connectivity index (χ0v) is 17.1. The highest BCUT2D eigenvalue weighted by atomic mass is 32.1. The number of thiazole rings is 1. The molecule has 7 nitrogen and oxygen atoms in total. The molecule has 3 rings (SSSR count). The van der Waals surface area contributed by atoms with Crippen LogP contribution in [0, 0.1) is 5.92 Å². The van der Waals surface area contributed by atoms with Gasteiger partial charge in [-0.1, -0.05) is 44.2 Å². The molecule has 0 fully saturated rings. The van der Waals surface area contributed by atoms with Gasteiger partial charge in [0.05, 0.1) is 5.69 Å². The molecule has 0 radical (unpaired) electrons. The van der Waals surface area contributed by atoms with Crippen molar-refractivity contribution in [3.63, 3.8) is 0 Å². The second-order valence-electron chi connectivity index (χ2n) is 7.11. The lowest BCUT2D eigenvalue weighted by molar-refractivity contribution is 0.494. The fourth-order valence-corrected chi connectivity index (χ4v) is 3.72. The fraction of sp³-hybridized carbons (Fsp3) is 0.350. The average molecular weight is 400 g/mol. The number of benzene rings is 1. The van der Waals surface area contributed by atoms with Crippen molar-refractivity contribution >= 4 is 22.3 Å². The van der Waals surface area contributed by atoms with Crippen LogP contribution in [0.3, 0.4) is 0 Å².